The van der Waals surface area contributed by atoms with Crippen molar-refractivity contribution < 1.29 is 9.13 Å². The third kappa shape index (κ3) is 0.507. The molecular weight excluding hydrogens is 85.0 g/mol. The molecule has 0 aromatic rings. The summed E-state index contributed by atoms with van der Waals surface area (Å²) in [5.41, 5.74) is 4.83. The van der Waals surface area contributed by atoms with Crippen molar-refractivity contribution in [2.24, 2.45) is 5.73 Å². The summed E-state index contributed by atoms with van der Waals surface area (Å²) in [4.78, 5) is 0. The second-order valence-electron chi connectivity index (χ2n) is 1.53. The predicted octanol–water partition coefficient (Wildman–Crippen LogP) is -0.359. The fraction of sp³-hybridized carbons (Fsp3) is 1.00. The number of rotatable bonds is 0. The van der Waals surface area contributed by atoms with Crippen molar-refractivity contribution in [1.82, 2.24) is 0 Å². The highest BCUT2D eigenvalue weighted by Gasteiger charge is 2.33. The van der Waals surface area contributed by atoms with E-state index in [9.17, 15) is 4.39 Å². The maximum Gasteiger partial charge on any atom is 0.205 e. The van der Waals surface area contributed by atoms with Crippen LogP contribution in [0.15, 0.2) is 0 Å². The topological polar surface area (TPSA) is 35.2 Å². The van der Waals surface area contributed by atoms with Crippen LogP contribution in [0.4, 0.5) is 4.39 Å². The molecule has 1 fully saturated rings. The summed E-state index contributed by atoms with van der Waals surface area (Å²) in [6.07, 6.45) is 0. The first kappa shape index (κ1) is 4.02. The molecular formula is C3H6FNO. The van der Waals surface area contributed by atoms with E-state index in [1.54, 1.807) is 0 Å². The Bertz CT molecular complexity index is 57.8. The number of nitrogens with two attached hydrogens (primary N) is 1. The zero-order valence-electron chi connectivity index (χ0n) is 3.28. The van der Waals surface area contributed by atoms with Crippen molar-refractivity contribution in [3.05, 3.63) is 0 Å². The Morgan fingerprint density at radius 1 is 1.67 bits per heavy atom. The average molecular weight is 91.1 g/mol. The SMILES string of the molecule is NC1(F)COC1. The third-order valence-electron chi connectivity index (χ3n) is 0.684. The molecule has 3 heteroatoms. The Morgan fingerprint density at radius 2 is 2.00 bits per heavy atom. The molecule has 0 saturated carbocycles. The Hall–Kier alpha value is -0.150. The monoisotopic (exact) mass is 91.0 g/mol. The molecule has 1 saturated heterocycles. The molecule has 0 bridgehead atoms. The molecule has 36 valence electrons. The molecule has 2 nitrogen and oxygen atoms in total. The average Bonchev–Trinajstić information content (AvgIpc) is 1.32. The molecule has 0 aromatic heterocycles. The van der Waals surface area contributed by atoms with Crippen molar-refractivity contribution in [1.29, 1.82) is 0 Å². The van der Waals surface area contributed by atoms with E-state index < -0.39 is 5.79 Å². The molecule has 0 spiro atoms. The molecule has 0 amide bonds. The molecule has 2 N–H and O–H groups in total. The molecule has 1 aliphatic heterocycles. The van der Waals surface area contributed by atoms with Gasteiger partial charge in [-0.25, -0.2) is 4.39 Å². The number of alkyl halides is 1. The Balaban J connectivity index is 2.31. The minimum atomic E-state index is -1.50. The van der Waals surface area contributed by atoms with Crippen LogP contribution < -0.4 is 5.73 Å². The first-order valence-corrected chi connectivity index (χ1v) is 1.76. The highest BCUT2D eigenvalue weighted by Crippen LogP contribution is 2.12. The van der Waals surface area contributed by atoms with Crippen LogP contribution in [-0.2, 0) is 4.74 Å². The van der Waals surface area contributed by atoms with Crippen LogP contribution in [0.1, 0.15) is 0 Å². The Morgan fingerprint density at radius 3 is 2.00 bits per heavy atom. The molecule has 6 heavy (non-hydrogen) atoms. The van der Waals surface area contributed by atoms with Gasteiger partial charge in [0.05, 0.1) is 13.2 Å². The van der Waals surface area contributed by atoms with Crippen LogP contribution in [-0.4, -0.2) is 19.0 Å². The molecule has 0 atom stereocenters. The lowest BCUT2D eigenvalue weighted by Crippen LogP contribution is -2.53. The lowest BCUT2D eigenvalue weighted by molar-refractivity contribution is -0.125. The summed E-state index contributed by atoms with van der Waals surface area (Å²) in [7, 11) is 0. The minimum absolute atomic E-state index is 0.0625. The molecule has 0 unspecified atom stereocenters. The quantitative estimate of drug-likeness (QED) is 0.413. The second-order valence-corrected chi connectivity index (χ2v) is 1.53. The summed E-state index contributed by atoms with van der Waals surface area (Å²) in [6, 6.07) is 0. The van der Waals surface area contributed by atoms with Crippen LogP contribution in [0.3, 0.4) is 0 Å². The molecule has 1 rings (SSSR count). The number of hydrogen-bond acceptors (Lipinski definition) is 2. The largest absolute Gasteiger partial charge is 0.372 e. The summed E-state index contributed by atoms with van der Waals surface area (Å²) < 4.78 is 16.3. The van der Waals surface area contributed by atoms with Gasteiger partial charge in [0.15, 0.2) is 0 Å². The number of ether oxygens (including phenoxy) is 1. The van der Waals surface area contributed by atoms with Crippen molar-refractivity contribution in [3.63, 3.8) is 0 Å². The first-order chi connectivity index (χ1) is 2.71. The fourth-order valence-corrected chi connectivity index (χ4v) is 0.297. The van der Waals surface area contributed by atoms with Crippen molar-refractivity contribution in [2.75, 3.05) is 13.2 Å². The van der Waals surface area contributed by atoms with Gasteiger partial charge in [0, 0.05) is 0 Å². The summed E-state index contributed by atoms with van der Waals surface area (Å²) in [5.74, 6) is -1.50. The van der Waals surface area contributed by atoms with Crippen molar-refractivity contribution >= 4 is 0 Å². The van der Waals surface area contributed by atoms with E-state index in [2.05, 4.69) is 4.74 Å². The molecule has 0 aliphatic carbocycles. The van der Waals surface area contributed by atoms with E-state index in [0.717, 1.165) is 0 Å². The maximum absolute atomic E-state index is 11.9. The van der Waals surface area contributed by atoms with Crippen LogP contribution >= 0.6 is 0 Å². The van der Waals surface area contributed by atoms with Crippen LogP contribution in [0.5, 0.6) is 0 Å². The number of hydrogen-bond donors (Lipinski definition) is 1. The Kier molecular flexibility index (Phi) is 0.615. The highest BCUT2D eigenvalue weighted by molar-refractivity contribution is 4.77. The van der Waals surface area contributed by atoms with E-state index in [1.165, 1.54) is 0 Å². The number of halogens is 1. The van der Waals surface area contributed by atoms with Gasteiger partial charge in [-0.15, -0.1) is 0 Å². The van der Waals surface area contributed by atoms with Crippen LogP contribution in [0.2, 0.25) is 0 Å². The van der Waals surface area contributed by atoms with Gasteiger partial charge in [-0.1, -0.05) is 0 Å². The predicted molar refractivity (Wildman–Crippen MR) is 18.8 cm³/mol. The van der Waals surface area contributed by atoms with Gasteiger partial charge in [0.1, 0.15) is 0 Å². The second kappa shape index (κ2) is 0.918. The maximum atomic E-state index is 11.9. The van der Waals surface area contributed by atoms with Gasteiger partial charge >= 0.3 is 0 Å². The fourth-order valence-electron chi connectivity index (χ4n) is 0.297. The van der Waals surface area contributed by atoms with Gasteiger partial charge in [0.25, 0.3) is 0 Å². The lowest BCUT2D eigenvalue weighted by Gasteiger charge is -2.28. The lowest BCUT2D eigenvalue weighted by atomic mass is 10.2. The third-order valence-corrected chi connectivity index (χ3v) is 0.684. The minimum Gasteiger partial charge on any atom is -0.372 e. The van der Waals surface area contributed by atoms with Crippen LogP contribution in [0, 0.1) is 0 Å². The van der Waals surface area contributed by atoms with Gasteiger partial charge in [-0.2, -0.15) is 0 Å². The van der Waals surface area contributed by atoms with Crippen LogP contribution in [0.25, 0.3) is 0 Å². The zero-order chi connectivity index (χ0) is 4.62. The molecule has 0 aromatic carbocycles. The van der Waals surface area contributed by atoms with Gasteiger partial charge in [0.2, 0.25) is 5.79 Å². The van der Waals surface area contributed by atoms with Gasteiger partial charge in [-0.3, -0.25) is 5.73 Å². The smallest absolute Gasteiger partial charge is 0.205 e. The molecule has 1 heterocycles. The van der Waals surface area contributed by atoms with E-state index in [4.69, 9.17) is 5.73 Å². The van der Waals surface area contributed by atoms with Crippen molar-refractivity contribution in [2.45, 2.75) is 5.79 Å². The standard InChI is InChI=1S/C3H6FNO/c4-3(5)1-6-2-3/h1-2,5H2. The van der Waals surface area contributed by atoms with E-state index >= 15 is 0 Å². The van der Waals surface area contributed by atoms with Crippen molar-refractivity contribution in [3.8, 4) is 0 Å². The van der Waals surface area contributed by atoms with Gasteiger partial charge in [-0.05, 0) is 0 Å². The normalized spacial score (nSPS) is 29.0. The van der Waals surface area contributed by atoms with E-state index in [0.29, 0.717) is 0 Å². The van der Waals surface area contributed by atoms with E-state index in [-0.39, 0.29) is 13.2 Å². The zero-order valence-corrected chi connectivity index (χ0v) is 3.28. The molecule has 0 radical (unpaired) electrons. The first-order valence-electron chi connectivity index (χ1n) is 1.76. The summed E-state index contributed by atoms with van der Waals surface area (Å²) >= 11 is 0. The Labute approximate surface area is 35.1 Å². The summed E-state index contributed by atoms with van der Waals surface area (Å²) in [5, 5.41) is 0. The van der Waals surface area contributed by atoms with Gasteiger partial charge < -0.3 is 4.74 Å². The summed E-state index contributed by atoms with van der Waals surface area (Å²) in [6.45, 7) is 0.125. The highest BCUT2D eigenvalue weighted by atomic mass is 19.1. The molecule has 1 aliphatic rings. The van der Waals surface area contributed by atoms with E-state index in [1.807, 2.05) is 0 Å².